The Labute approximate surface area is 112 Å². The maximum absolute atomic E-state index is 11.7. The van der Waals surface area contributed by atoms with Gasteiger partial charge in [0, 0.05) is 26.1 Å². The molecule has 1 N–H and O–H groups in total. The molecule has 3 heteroatoms. The highest BCUT2D eigenvalue weighted by molar-refractivity contribution is 5.76. The van der Waals surface area contributed by atoms with E-state index in [9.17, 15) is 4.79 Å². The number of hydrogen-bond acceptors (Lipinski definition) is 2. The Balaban J connectivity index is 1.82. The van der Waals surface area contributed by atoms with Gasteiger partial charge in [0.15, 0.2) is 0 Å². The van der Waals surface area contributed by atoms with Crippen molar-refractivity contribution in [2.75, 3.05) is 26.2 Å². The molecular formula is C15H30N2O. The van der Waals surface area contributed by atoms with Gasteiger partial charge in [-0.25, -0.2) is 0 Å². The fourth-order valence-electron chi connectivity index (χ4n) is 2.48. The number of carbonyl (C=O) groups excluding carboxylic acids is 1. The molecule has 0 spiro atoms. The molecule has 0 unspecified atom stereocenters. The molecule has 0 atom stereocenters. The predicted octanol–water partition coefficient (Wildman–Crippen LogP) is 2.95. The first-order chi connectivity index (χ1) is 8.84. The Kier molecular flexibility index (Phi) is 8.92. The van der Waals surface area contributed by atoms with Crippen LogP contribution in [0.1, 0.15) is 64.7 Å². The lowest BCUT2D eigenvalue weighted by atomic mass is 10.1. The maximum Gasteiger partial charge on any atom is 0.223 e. The first kappa shape index (κ1) is 15.5. The average Bonchev–Trinajstić information content (AvgIpc) is 2.90. The van der Waals surface area contributed by atoms with Gasteiger partial charge in [-0.15, -0.1) is 0 Å². The van der Waals surface area contributed by atoms with Crippen LogP contribution < -0.4 is 5.32 Å². The second kappa shape index (κ2) is 10.4. The van der Waals surface area contributed by atoms with Gasteiger partial charge in [0.25, 0.3) is 0 Å². The summed E-state index contributed by atoms with van der Waals surface area (Å²) >= 11 is 0. The molecule has 1 aliphatic rings. The predicted molar refractivity (Wildman–Crippen MR) is 76.7 cm³/mol. The molecule has 1 amide bonds. The van der Waals surface area contributed by atoms with Gasteiger partial charge in [-0.2, -0.15) is 0 Å². The Hall–Kier alpha value is -0.570. The molecule has 1 rings (SSSR count). The van der Waals surface area contributed by atoms with Crippen LogP contribution in [0.3, 0.4) is 0 Å². The quantitative estimate of drug-likeness (QED) is 0.608. The van der Waals surface area contributed by atoms with Crippen LogP contribution >= 0.6 is 0 Å². The van der Waals surface area contributed by atoms with E-state index in [1.54, 1.807) is 0 Å². The Morgan fingerprint density at radius 3 is 2.39 bits per heavy atom. The summed E-state index contributed by atoms with van der Waals surface area (Å²) < 4.78 is 0. The standard InChI is InChI=1S/C15H30N2O/c1-2-3-4-5-6-7-11-16-12-10-15(18)17-13-8-9-14-17/h16H,2-14H2,1H3. The van der Waals surface area contributed by atoms with Crippen LogP contribution in [0.4, 0.5) is 0 Å². The van der Waals surface area contributed by atoms with E-state index in [4.69, 9.17) is 0 Å². The zero-order chi connectivity index (χ0) is 13.1. The lowest BCUT2D eigenvalue weighted by Crippen LogP contribution is -2.30. The van der Waals surface area contributed by atoms with Gasteiger partial charge >= 0.3 is 0 Å². The molecule has 0 aliphatic carbocycles. The summed E-state index contributed by atoms with van der Waals surface area (Å²) in [5.41, 5.74) is 0. The van der Waals surface area contributed by atoms with Crippen LogP contribution in [0.5, 0.6) is 0 Å². The second-order valence-electron chi connectivity index (χ2n) is 5.36. The number of carbonyl (C=O) groups is 1. The molecule has 0 aromatic heterocycles. The molecule has 3 nitrogen and oxygen atoms in total. The van der Waals surface area contributed by atoms with E-state index >= 15 is 0 Å². The molecule has 1 aliphatic heterocycles. The van der Waals surface area contributed by atoms with Crippen molar-refractivity contribution in [3.63, 3.8) is 0 Å². The summed E-state index contributed by atoms with van der Waals surface area (Å²) in [5, 5.41) is 3.38. The zero-order valence-electron chi connectivity index (χ0n) is 12.0. The van der Waals surface area contributed by atoms with Crippen LogP contribution in [0.25, 0.3) is 0 Å². The SMILES string of the molecule is CCCCCCCCNCCC(=O)N1CCCC1. The Morgan fingerprint density at radius 2 is 1.67 bits per heavy atom. The van der Waals surface area contributed by atoms with E-state index < -0.39 is 0 Å². The average molecular weight is 254 g/mol. The molecule has 1 heterocycles. The van der Waals surface area contributed by atoms with E-state index in [-0.39, 0.29) is 0 Å². The van der Waals surface area contributed by atoms with Gasteiger partial charge in [-0.3, -0.25) is 4.79 Å². The molecular weight excluding hydrogens is 224 g/mol. The van der Waals surface area contributed by atoms with Crippen molar-refractivity contribution in [2.45, 2.75) is 64.7 Å². The number of nitrogens with one attached hydrogen (secondary N) is 1. The zero-order valence-corrected chi connectivity index (χ0v) is 12.0. The summed E-state index contributed by atoms with van der Waals surface area (Å²) in [4.78, 5) is 13.7. The summed E-state index contributed by atoms with van der Waals surface area (Å²) in [5.74, 6) is 0.336. The third kappa shape index (κ3) is 7.00. The van der Waals surface area contributed by atoms with Gasteiger partial charge in [0.05, 0.1) is 0 Å². The highest BCUT2D eigenvalue weighted by Crippen LogP contribution is 2.08. The topological polar surface area (TPSA) is 32.3 Å². The van der Waals surface area contributed by atoms with Crippen LogP contribution in [0.15, 0.2) is 0 Å². The van der Waals surface area contributed by atoms with Crippen LogP contribution in [-0.2, 0) is 4.79 Å². The maximum atomic E-state index is 11.7. The van der Waals surface area contributed by atoms with Gasteiger partial charge in [-0.05, 0) is 25.8 Å². The van der Waals surface area contributed by atoms with E-state index in [0.717, 1.165) is 26.2 Å². The molecule has 1 fully saturated rings. The number of amides is 1. The van der Waals surface area contributed by atoms with Crippen molar-refractivity contribution >= 4 is 5.91 Å². The van der Waals surface area contributed by atoms with Gasteiger partial charge in [0.2, 0.25) is 5.91 Å². The number of likely N-dealkylation sites (tertiary alicyclic amines) is 1. The van der Waals surface area contributed by atoms with Crippen LogP contribution in [-0.4, -0.2) is 37.0 Å². The summed E-state index contributed by atoms with van der Waals surface area (Å²) in [6.07, 6.45) is 11.1. The number of nitrogens with zero attached hydrogens (tertiary/aromatic N) is 1. The minimum absolute atomic E-state index is 0.336. The Bertz CT molecular complexity index is 213. The van der Waals surface area contributed by atoms with Gasteiger partial charge in [-0.1, -0.05) is 39.0 Å². The van der Waals surface area contributed by atoms with Crippen molar-refractivity contribution in [1.82, 2.24) is 10.2 Å². The lowest BCUT2D eigenvalue weighted by molar-refractivity contribution is -0.130. The van der Waals surface area contributed by atoms with Crippen molar-refractivity contribution < 1.29 is 4.79 Å². The molecule has 0 saturated carbocycles. The van der Waals surface area contributed by atoms with Crippen molar-refractivity contribution in [2.24, 2.45) is 0 Å². The molecule has 1 saturated heterocycles. The van der Waals surface area contributed by atoms with E-state index in [2.05, 4.69) is 12.2 Å². The second-order valence-corrected chi connectivity index (χ2v) is 5.36. The molecule has 0 radical (unpaired) electrons. The smallest absolute Gasteiger partial charge is 0.223 e. The minimum atomic E-state index is 0.336. The third-order valence-corrected chi connectivity index (χ3v) is 3.68. The van der Waals surface area contributed by atoms with Gasteiger partial charge < -0.3 is 10.2 Å². The summed E-state index contributed by atoms with van der Waals surface area (Å²) in [7, 11) is 0. The fraction of sp³-hybridized carbons (Fsp3) is 0.933. The molecule has 0 aromatic carbocycles. The van der Waals surface area contributed by atoms with E-state index in [1.807, 2.05) is 4.90 Å². The monoisotopic (exact) mass is 254 g/mol. The highest BCUT2D eigenvalue weighted by Gasteiger charge is 2.16. The van der Waals surface area contributed by atoms with E-state index in [1.165, 1.54) is 51.4 Å². The fourth-order valence-corrected chi connectivity index (χ4v) is 2.48. The lowest BCUT2D eigenvalue weighted by Gasteiger charge is -2.15. The summed E-state index contributed by atoms with van der Waals surface area (Å²) in [6.45, 7) is 6.13. The normalized spacial score (nSPS) is 15.3. The molecule has 106 valence electrons. The van der Waals surface area contributed by atoms with Crippen LogP contribution in [0, 0.1) is 0 Å². The summed E-state index contributed by atoms with van der Waals surface area (Å²) in [6, 6.07) is 0. The molecule has 0 aromatic rings. The third-order valence-electron chi connectivity index (χ3n) is 3.68. The number of hydrogen-bond donors (Lipinski definition) is 1. The minimum Gasteiger partial charge on any atom is -0.343 e. The van der Waals surface area contributed by atoms with E-state index in [0.29, 0.717) is 12.3 Å². The van der Waals surface area contributed by atoms with Crippen molar-refractivity contribution in [1.29, 1.82) is 0 Å². The molecule has 0 bridgehead atoms. The Morgan fingerprint density at radius 1 is 1.00 bits per heavy atom. The first-order valence-electron chi connectivity index (χ1n) is 7.83. The number of rotatable bonds is 10. The highest BCUT2D eigenvalue weighted by atomic mass is 16.2. The van der Waals surface area contributed by atoms with Crippen LogP contribution in [0.2, 0.25) is 0 Å². The van der Waals surface area contributed by atoms with Crippen molar-refractivity contribution in [3.05, 3.63) is 0 Å². The largest absolute Gasteiger partial charge is 0.343 e. The molecule has 18 heavy (non-hydrogen) atoms. The number of unbranched alkanes of at least 4 members (excludes halogenated alkanes) is 5. The van der Waals surface area contributed by atoms with Gasteiger partial charge in [0.1, 0.15) is 0 Å². The van der Waals surface area contributed by atoms with Crippen molar-refractivity contribution in [3.8, 4) is 0 Å². The first-order valence-corrected chi connectivity index (χ1v) is 7.83.